The molecule has 4 rings (SSSR count). The maximum Gasteiger partial charge on any atom is 0.272 e. The predicted octanol–water partition coefficient (Wildman–Crippen LogP) is 5.17. The van der Waals surface area contributed by atoms with Crippen molar-refractivity contribution in [3.05, 3.63) is 100 Å². The van der Waals surface area contributed by atoms with Crippen LogP contribution in [0.2, 0.25) is 0 Å². The van der Waals surface area contributed by atoms with Crippen molar-refractivity contribution in [1.29, 1.82) is 0 Å². The van der Waals surface area contributed by atoms with Crippen molar-refractivity contribution < 1.29 is 14.4 Å². The van der Waals surface area contributed by atoms with Crippen molar-refractivity contribution in [3.8, 4) is 0 Å². The molecule has 0 spiro atoms. The first-order valence-electron chi connectivity index (χ1n) is 10.2. The molecule has 3 aromatic carbocycles. The molecule has 1 heterocycles. The zero-order chi connectivity index (χ0) is 22.7. The van der Waals surface area contributed by atoms with Gasteiger partial charge in [-0.25, -0.2) is 4.90 Å². The molecular formula is C26H22N2O3S. The van der Waals surface area contributed by atoms with Crippen LogP contribution < -0.4 is 10.2 Å². The number of hydrogen-bond acceptors (Lipinski definition) is 4. The summed E-state index contributed by atoms with van der Waals surface area (Å²) in [6, 6.07) is 24.1. The Morgan fingerprint density at radius 1 is 0.875 bits per heavy atom. The highest BCUT2D eigenvalue weighted by Crippen LogP contribution is 2.39. The number of benzene rings is 3. The predicted molar refractivity (Wildman–Crippen MR) is 129 cm³/mol. The van der Waals surface area contributed by atoms with Crippen LogP contribution in [0.4, 0.5) is 11.4 Å². The Kier molecular flexibility index (Phi) is 6.23. The van der Waals surface area contributed by atoms with Crippen molar-refractivity contribution >= 4 is 46.4 Å². The topological polar surface area (TPSA) is 66.5 Å². The lowest BCUT2D eigenvalue weighted by molar-refractivity contribution is -0.120. The lowest BCUT2D eigenvalue weighted by atomic mass is 10.1. The van der Waals surface area contributed by atoms with Gasteiger partial charge in [-0.2, -0.15) is 0 Å². The molecule has 0 aromatic heterocycles. The Morgan fingerprint density at radius 3 is 2.16 bits per heavy atom. The molecule has 32 heavy (non-hydrogen) atoms. The Morgan fingerprint density at radius 2 is 1.53 bits per heavy atom. The van der Waals surface area contributed by atoms with Gasteiger partial charge in [0.25, 0.3) is 11.8 Å². The summed E-state index contributed by atoms with van der Waals surface area (Å²) < 4.78 is 0. The molecule has 3 aromatic rings. The van der Waals surface area contributed by atoms with Crippen LogP contribution in [-0.4, -0.2) is 17.7 Å². The highest BCUT2D eigenvalue weighted by molar-refractivity contribution is 8.03. The number of carbonyl (C=O) groups is 3. The molecule has 160 valence electrons. The second kappa shape index (κ2) is 9.24. The van der Waals surface area contributed by atoms with Crippen LogP contribution in [0.25, 0.3) is 5.57 Å². The van der Waals surface area contributed by atoms with Gasteiger partial charge in [0.1, 0.15) is 0 Å². The summed E-state index contributed by atoms with van der Waals surface area (Å²) in [5.41, 5.74) is 4.32. The van der Waals surface area contributed by atoms with E-state index in [1.807, 2.05) is 49.4 Å². The number of nitrogens with one attached hydrogen (secondary N) is 1. The summed E-state index contributed by atoms with van der Waals surface area (Å²) in [6.45, 7) is 3.40. The molecule has 0 bridgehead atoms. The molecule has 1 aliphatic rings. The van der Waals surface area contributed by atoms with Gasteiger partial charge < -0.3 is 5.32 Å². The lowest BCUT2D eigenvalue weighted by Gasteiger charge is -2.15. The van der Waals surface area contributed by atoms with E-state index in [9.17, 15) is 14.4 Å². The van der Waals surface area contributed by atoms with Gasteiger partial charge in [-0.15, -0.1) is 11.8 Å². The number of hydrogen-bond donors (Lipinski definition) is 1. The fraction of sp³-hybridized carbons (Fsp3) is 0.115. The number of aryl methyl sites for hydroxylation is 1. The SMILES string of the molecule is CC(=O)Nc1ccc(C2=C(SCc3ccccc3)C(=O)N(c3ccc(C)cc3)C2=O)cc1. The van der Waals surface area contributed by atoms with Crippen molar-refractivity contribution in [2.75, 3.05) is 10.2 Å². The van der Waals surface area contributed by atoms with Gasteiger partial charge in [-0.1, -0.05) is 60.2 Å². The molecule has 0 atom stereocenters. The smallest absolute Gasteiger partial charge is 0.272 e. The van der Waals surface area contributed by atoms with Gasteiger partial charge in [0.15, 0.2) is 0 Å². The third kappa shape index (κ3) is 4.50. The number of imide groups is 1. The minimum absolute atomic E-state index is 0.172. The standard InChI is InChI=1S/C26H22N2O3S/c1-17-8-14-22(15-9-17)28-25(30)23(20-10-12-21(13-11-20)27-18(2)29)24(26(28)31)32-16-19-6-4-3-5-7-19/h3-15H,16H2,1-2H3,(H,27,29). The van der Waals surface area contributed by atoms with Crippen LogP contribution >= 0.6 is 11.8 Å². The fourth-order valence-electron chi connectivity index (χ4n) is 3.48. The average molecular weight is 443 g/mol. The Labute approximate surface area is 191 Å². The van der Waals surface area contributed by atoms with E-state index in [1.54, 1.807) is 36.4 Å². The van der Waals surface area contributed by atoms with Crippen LogP contribution in [0.15, 0.2) is 83.8 Å². The average Bonchev–Trinajstić information content (AvgIpc) is 3.03. The molecule has 0 aliphatic carbocycles. The van der Waals surface area contributed by atoms with Crippen molar-refractivity contribution in [1.82, 2.24) is 0 Å². The molecule has 0 saturated heterocycles. The van der Waals surface area contributed by atoms with Crippen LogP contribution in [0.1, 0.15) is 23.6 Å². The van der Waals surface area contributed by atoms with Gasteiger partial charge in [-0.05, 0) is 42.3 Å². The number of rotatable bonds is 6. The molecule has 0 radical (unpaired) electrons. The third-order valence-corrected chi connectivity index (χ3v) is 6.20. The van der Waals surface area contributed by atoms with Gasteiger partial charge >= 0.3 is 0 Å². The number of anilines is 2. The number of nitrogens with zero attached hydrogens (tertiary/aromatic N) is 1. The van der Waals surface area contributed by atoms with E-state index in [0.717, 1.165) is 11.1 Å². The Bertz CT molecular complexity index is 1200. The highest BCUT2D eigenvalue weighted by Gasteiger charge is 2.40. The van der Waals surface area contributed by atoms with Crippen molar-refractivity contribution in [2.45, 2.75) is 19.6 Å². The maximum absolute atomic E-state index is 13.5. The molecular weight excluding hydrogens is 420 g/mol. The molecule has 1 aliphatic heterocycles. The summed E-state index contributed by atoms with van der Waals surface area (Å²) in [6.07, 6.45) is 0. The molecule has 3 amide bonds. The van der Waals surface area contributed by atoms with E-state index in [2.05, 4.69) is 5.32 Å². The number of amides is 3. The van der Waals surface area contributed by atoms with E-state index in [-0.39, 0.29) is 17.7 Å². The van der Waals surface area contributed by atoms with Crippen LogP contribution in [0, 0.1) is 6.92 Å². The zero-order valence-corrected chi connectivity index (χ0v) is 18.6. The second-order valence-corrected chi connectivity index (χ2v) is 8.50. The van der Waals surface area contributed by atoms with Gasteiger partial charge in [0, 0.05) is 18.4 Å². The fourth-order valence-corrected chi connectivity index (χ4v) is 4.55. The highest BCUT2D eigenvalue weighted by atomic mass is 32.2. The lowest BCUT2D eigenvalue weighted by Crippen LogP contribution is -2.31. The first kappa shape index (κ1) is 21.6. The molecule has 0 unspecified atom stereocenters. The molecule has 5 nitrogen and oxygen atoms in total. The van der Waals surface area contributed by atoms with Gasteiger partial charge in [0.2, 0.25) is 5.91 Å². The van der Waals surface area contributed by atoms with Crippen molar-refractivity contribution in [2.24, 2.45) is 0 Å². The quantitative estimate of drug-likeness (QED) is 0.535. The van der Waals surface area contributed by atoms with E-state index in [4.69, 9.17) is 0 Å². The molecule has 0 fully saturated rings. The largest absolute Gasteiger partial charge is 0.326 e. The third-order valence-electron chi connectivity index (χ3n) is 5.05. The first-order valence-corrected chi connectivity index (χ1v) is 11.2. The van der Waals surface area contributed by atoms with E-state index >= 15 is 0 Å². The summed E-state index contributed by atoms with van der Waals surface area (Å²) in [7, 11) is 0. The van der Waals surface area contributed by atoms with Crippen molar-refractivity contribution in [3.63, 3.8) is 0 Å². The normalized spacial score (nSPS) is 13.6. The van der Waals surface area contributed by atoms with E-state index < -0.39 is 0 Å². The molecule has 1 N–H and O–H groups in total. The minimum atomic E-state index is -0.346. The Balaban J connectivity index is 1.71. The molecule has 6 heteroatoms. The van der Waals surface area contributed by atoms with E-state index in [1.165, 1.54) is 23.6 Å². The summed E-state index contributed by atoms with van der Waals surface area (Å²) >= 11 is 1.37. The summed E-state index contributed by atoms with van der Waals surface area (Å²) in [4.78, 5) is 39.8. The summed E-state index contributed by atoms with van der Waals surface area (Å²) in [5, 5.41) is 2.72. The minimum Gasteiger partial charge on any atom is -0.326 e. The first-order chi connectivity index (χ1) is 15.4. The maximum atomic E-state index is 13.5. The number of thioether (sulfide) groups is 1. The second-order valence-electron chi connectivity index (χ2n) is 7.52. The number of carbonyl (C=O) groups excluding carboxylic acids is 3. The Hall–Kier alpha value is -3.64. The molecule has 0 saturated carbocycles. The monoisotopic (exact) mass is 442 g/mol. The van der Waals surface area contributed by atoms with Gasteiger partial charge in [0.05, 0.1) is 16.2 Å². The van der Waals surface area contributed by atoms with Crippen LogP contribution in [-0.2, 0) is 20.1 Å². The zero-order valence-electron chi connectivity index (χ0n) is 17.8. The summed E-state index contributed by atoms with van der Waals surface area (Å²) in [5.74, 6) is -0.263. The van der Waals surface area contributed by atoms with Crippen LogP contribution in [0.5, 0.6) is 0 Å². The van der Waals surface area contributed by atoms with Gasteiger partial charge in [-0.3, -0.25) is 14.4 Å². The van der Waals surface area contributed by atoms with Crippen LogP contribution in [0.3, 0.4) is 0 Å². The van der Waals surface area contributed by atoms with E-state index in [0.29, 0.717) is 33.2 Å².